The van der Waals surface area contributed by atoms with Gasteiger partial charge in [-0.1, -0.05) is 48.5 Å². The number of sulfonamides is 1. The van der Waals surface area contributed by atoms with E-state index in [1.807, 2.05) is 30.3 Å². The van der Waals surface area contributed by atoms with Crippen molar-refractivity contribution in [3.8, 4) is 5.75 Å². The maximum Gasteiger partial charge on any atom is 0.339 e. The summed E-state index contributed by atoms with van der Waals surface area (Å²) in [4.78, 5) is 24.5. The number of nitrogens with one attached hydrogen (secondary N) is 1. The minimum atomic E-state index is -3.74. The molecule has 8 nitrogen and oxygen atoms in total. The van der Waals surface area contributed by atoms with E-state index in [9.17, 15) is 18.0 Å². The summed E-state index contributed by atoms with van der Waals surface area (Å²) in [6.07, 6.45) is 0.476. The molecule has 3 rings (SSSR count). The average molecular weight is 469 g/mol. The highest BCUT2D eigenvalue weighted by Gasteiger charge is 2.15. The second kappa shape index (κ2) is 11.3. The lowest BCUT2D eigenvalue weighted by molar-refractivity contribution is -0.124. The number of carbonyl (C=O) groups is 2. The zero-order valence-corrected chi connectivity index (χ0v) is 18.6. The van der Waals surface area contributed by atoms with Crippen LogP contribution in [-0.4, -0.2) is 33.4 Å². The normalized spacial score (nSPS) is 10.9. The molecule has 0 radical (unpaired) electrons. The molecule has 3 N–H and O–H groups in total. The number of carbonyl (C=O) groups excluding carboxylic acids is 2. The highest BCUT2D eigenvalue weighted by atomic mass is 32.2. The highest BCUT2D eigenvalue weighted by Crippen LogP contribution is 2.15. The van der Waals surface area contributed by atoms with Crippen LogP contribution in [0, 0.1) is 0 Å². The molecule has 0 aliphatic heterocycles. The van der Waals surface area contributed by atoms with Crippen LogP contribution in [0.4, 0.5) is 0 Å². The van der Waals surface area contributed by atoms with Crippen LogP contribution in [0.5, 0.6) is 5.75 Å². The predicted octanol–water partition coefficient (Wildman–Crippen LogP) is 2.43. The Morgan fingerprint density at radius 2 is 1.55 bits per heavy atom. The lowest BCUT2D eigenvalue weighted by Gasteiger charge is -2.11. The molecule has 0 saturated carbocycles. The number of benzene rings is 3. The Labute approximate surface area is 192 Å². The van der Waals surface area contributed by atoms with Gasteiger partial charge in [-0.3, -0.25) is 4.79 Å². The Bertz CT molecular complexity index is 1200. The van der Waals surface area contributed by atoms with Crippen molar-refractivity contribution in [1.29, 1.82) is 0 Å². The minimum absolute atomic E-state index is 0.0247. The molecule has 3 aromatic rings. The van der Waals surface area contributed by atoms with Gasteiger partial charge >= 0.3 is 5.97 Å². The number of rotatable bonds is 10. The number of primary sulfonamides is 1. The van der Waals surface area contributed by atoms with Gasteiger partial charge in [0.25, 0.3) is 5.91 Å². The topological polar surface area (TPSA) is 125 Å². The Morgan fingerprint density at radius 3 is 2.24 bits per heavy atom. The lowest BCUT2D eigenvalue weighted by Crippen LogP contribution is -2.30. The largest absolute Gasteiger partial charge is 0.489 e. The van der Waals surface area contributed by atoms with Crippen LogP contribution in [0.3, 0.4) is 0 Å². The van der Waals surface area contributed by atoms with Crippen molar-refractivity contribution in [2.45, 2.75) is 17.9 Å². The first kappa shape index (κ1) is 24.0. The molecule has 0 bridgehead atoms. The van der Waals surface area contributed by atoms with Crippen molar-refractivity contribution in [1.82, 2.24) is 5.32 Å². The molecule has 9 heteroatoms. The fourth-order valence-corrected chi connectivity index (χ4v) is 3.49. The molecule has 0 saturated heterocycles. The summed E-state index contributed by atoms with van der Waals surface area (Å²) in [6.45, 7) is 0.0649. The van der Waals surface area contributed by atoms with E-state index in [2.05, 4.69) is 5.32 Å². The van der Waals surface area contributed by atoms with E-state index in [1.165, 1.54) is 12.1 Å². The number of para-hydroxylation sites is 1. The molecule has 0 heterocycles. The predicted molar refractivity (Wildman–Crippen MR) is 122 cm³/mol. The van der Waals surface area contributed by atoms with Gasteiger partial charge in [0.1, 0.15) is 12.4 Å². The van der Waals surface area contributed by atoms with Gasteiger partial charge in [-0.25, -0.2) is 18.4 Å². The Kier molecular flexibility index (Phi) is 8.17. The van der Waals surface area contributed by atoms with E-state index in [4.69, 9.17) is 14.6 Å². The van der Waals surface area contributed by atoms with Crippen LogP contribution < -0.4 is 15.2 Å². The number of esters is 1. The maximum absolute atomic E-state index is 12.5. The van der Waals surface area contributed by atoms with Crippen molar-refractivity contribution in [2.75, 3.05) is 13.2 Å². The molecule has 172 valence electrons. The zero-order chi connectivity index (χ0) is 23.7. The van der Waals surface area contributed by atoms with Crippen LogP contribution in [0.25, 0.3) is 0 Å². The number of nitrogens with two attached hydrogens (primary N) is 1. The van der Waals surface area contributed by atoms with Gasteiger partial charge in [0.2, 0.25) is 10.0 Å². The number of hydrogen-bond acceptors (Lipinski definition) is 6. The Balaban J connectivity index is 1.45. The average Bonchev–Trinajstić information content (AvgIpc) is 2.82. The van der Waals surface area contributed by atoms with Crippen molar-refractivity contribution >= 4 is 21.9 Å². The van der Waals surface area contributed by atoms with Gasteiger partial charge in [-0.05, 0) is 42.3 Å². The van der Waals surface area contributed by atoms with Crippen molar-refractivity contribution < 1.29 is 27.5 Å². The van der Waals surface area contributed by atoms with Crippen LogP contribution in [0.15, 0.2) is 83.8 Å². The molecule has 3 aromatic carbocycles. The van der Waals surface area contributed by atoms with E-state index < -0.39 is 28.5 Å². The monoisotopic (exact) mass is 468 g/mol. The van der Waals surface area contributed by atoms with Gasteiger partial charge < -0.3 is 14.8 Å². The fraction of sp³-hybridized carbons (Fsp3) is 0.167. The van der Waals surface area contributed by atoms with Crippen molar-refractivity contribution in [3.63, 3.8) is 0 Å². The summed E-state index contributed by atoms with van der Waals surface area (Å²) >= 11 is 0. The molecule has 0 spiro atoms. The molecular weight excluding hydrogens is 444 g/mol. The van der Waals surface area contributed by atoms with Gasteiger partial charge in [0.05, 0.1) is 10.5 Å². The zero-order valence-electron chi connectivity index (χ0n) is 17.8. The highest BCUT2D eigenvalue weighted by molar-refractivity contribution is 7.89. The Morgan fingerprint density at radius 1 is 0.879 bits per heavy atom. The molecule has 0 fully saturated rings. The quantitative estimate of drug-likeness (QED) is 0.440. The van der Waals surface area contributed by atoms with Gasteiger partial charge in [-0.15, -0.1) is 0 Å². The van der Waals surface area contributed by atoms with Crippen LogP contribution >= 0.6 is 0 Å². The van der Waals surface area contributed by atoms with E-state index in [0.29, 0.717) is 29.8 Å². The van der Waals surface area contributed by atoms with E-state index >= 15 is 0 Å². The smallest absolute Gasteiger partial charge is 0.339 e. The number of hydrogen-bond donors (Lipinski definition) is 2. The molecular formula is C24H24N2O6S. The molecule has 0 atom stereocenters. The standard InChI is InChI=1S/C24H24N2O6S/c25-33(29,30)21-12-10-18(11-13-21)14-15-26-23(27)17-32-24(28)22-9-5-4-6-19(22)16-31-20-7-2-1-3-8-20/h1-13H,14-17H2,(H,26,27)(H2,25,29,30). The minimum Gasteiger partial charge on any atom is -0.489 e. The third-order valence-electron chi connectivity index (χ3n) is 4.70. The van der Waals surface area contributed by atoms with Crippen LogP contribution in [0.2, 0.25) is 0 Å². The first-order valence-electron chi connectivity index (χ1n) is 10.1. The second-order valence-electron chi connectivity index (χ2n) is 7.12. The van der Waals surface area contributed by atoms with Gasteiger partial charge in [-0.2, -0.15) is 0 Å². The van der Waals surface area contributed by atoms with Crippen LogP contribution in [0.1, 0.15) is 21.5 Å². The third-order valence-corrected chi connectivity index (χ3v) is 5.63. The molecule has 0 aromatic heterocycles. The second-order valence-corrected chi connectivity index (χ2v) is 8.69. The molecule has 1 amide bonds. The maximum atomic E-state index is 12.5. The molecule has 0 aliphatic carbocycles. The van der Waals surface area contributed by atoms with E-state index in [-0.39, 0.29) is 11.5 Å². The molecule has 0 aliphatic rings. The first-order valence-corrected chi connectivity index (χ1v) is 11.7. The summed E-state index contributed by atoms with van der Waals surface area (Å²) in [5.41, 5.74) is 1.80. The summed E-state index contributed by atoms with van der Waals surface area (Å²) in [5, 5.41) is 7.73. The van der Waals surface area contributed by atoms with E-state index in [0.717, 1.165) is 5.56 Å². The summed E-state index contributed by atoms with van der Waals surface area (Å²) in [7, 11) is -3.74. The number of ether oxygens (including phenoxy) is 2. The third kappa shape index (κ3) is 7.44. The molecule has 0 unspecified atom stereocenters. The summed E-state index contributed by atoms with van der Waals surface area (Å²) < 4.78 is 33.4. The van der Waals surface area contributed by atoms with Crippen molar-refractivity contribution in [2.24, 2.45) is 5.14 Å². The van der Waals surface area contributed by atoms with Crippen molar-refractivity contribution in [3.05, 3.63) is 95.6 Å². The first-order chi connectivity index (χ1) is 15.8. The van der Waals surface area contributed by atoms with Gasteiger partial charge in [0.15, 0.2) is 6.61 Å². The number of amides is 1. The lowest BCUT2D eigenvalue weighted by atomic mass is 10.1. The van der Waals surface area contributed by atoms with Crippen LogP contribution in [-0.2, 0) is 32.6 Å². The molecule has 33 heavy (non-hydrogen) atoms. The SMILES string of the molecule is NS(=O)(=O)c1ccc(CCNC(=O)COC(=O)c2ccccc2COc2ccccc2)cc1. The van der Waals surface area contributed by atoms with E-state index in [1.54, 1.807) is 36.4 Å². The summed E-state index contributed by atoms with van der Waals surface area (Å²) in [5.74, 6) is -0.377. The Hall–Kier alpha value is -3.69. The van der Waals surface area contributed by atoms with Gasteiger partial charge in [0, 0.05) is 12.1 Å². The summed E-state index contributed by atoms with van der Waals surface area (Å²) in [6, 6.07) is 22.2. The fourth-order valence-electron chi connectivity index (χ4n) is 2.98.